The predicted molar refractivity (Wildman–Crippen MR) is 182 cm³/mol. The van der Waals surface area contributed by atoms with Crippen molar-refractivity contribution in [3.63, 3.8) is 0 Å². The zero-order valence-corrected chi connectivity index (χ0v) is 28.1. The van der Waals surface area contributed by atoms with Crippen LogP contribution in [0.25, 0.3) is 0 Å². The van der Waals surface area contributed by atoms with E-state index in [2.05, 4.69) is 132 Å². The molecule has 1 heterocycles. The van der Waals surface area contributed by atoms with E-state index in [1.54, 1.807) is 0 Å². The molecule has 0 saturated heterocycles. The van der Waals surface area contributed by atoms with E-state index in [9.17, 15) is 4.21 Å². The maximum Gasteiger partial charge on any atom is 0.139 e. The average Bonchev–Trinajstić information content (AvgIpc) is 2.93. The summed E-state index contributed by atoms with van der Waals surface area (Å²) in [5.74, 6) is 1.85. The highest BCUT2D eigenvalue weighted by Gasteiger charge is 2.43. The molecule has 0 fully saturated rings. The van der Waals surface area contributed by atoms with Gasteiger partial charge < -0.3 is 4.74 Å². The van der Waals surface area contributed by atoms with Crippen molar-refractivity contribution < 1.29 is 8.95 Å². The van der Waals surface area contributed by atoms with Gasteiger partial charge in [-0.1, -0.05) is 132 Å². The number of hydrogen-bond acceptors (Lipinski definition) is 2. The van der Waals surface area contributed by atoms with Gasteiger partial charge in [0.25, 0.3) is 0 Å². The number of rotatable bonds is 6. The minimum atomic E-state index is -1.20. The molecule has 0 aromatic heterocycles. The molecule has 3 nitrogen and oxygen atoms in total. The van der Waals surface area contributed by atoms with Gasteiger partial charge in [0.1, 0.15) is 22.5 Å². The Morgan fingerprint density at radius 2 is 1.21 bits per heavy atom. The lowest BCUT2D eigenvalue weighted by Crippen LogP contribution is -2.42. The summed E-state index contributed by atoms with van der Waals surface area (Å²) in [4.78, 5) is 0. The van der Waals surface area contributed by atoms with Crippen LogP contribution in [0.4, 0.5) is 0 Å². The third-order valence-corrected chi connectivity index (χ3v) is 12.4. The first-order chi connectivity index (χ1) is 19.7. The topological polar surface area (TPSA) is 29.5 Å². The van der Waals surface area contributed by atoms with Gasteiger partial charge in [-0.25, -0.2) is 8.51 Å². The molecule has 0 amide bonds. The number of para-hydroxylation sites is 2. The normalized spacial score (nSPS) is 16.0. The van der Waals surface area contributed by atoms with Gasteiger partial charge in [0, 0.05) is 34.5 Å². The fourth-order valence-corrected chi connectivity index (χ4v) is 10.1. The van der Waals surface area contributed by atoms with Crippen LogP contribution in [-0.4, -0.2) is 20.3 Å². The molecule has 4 aromatic rings. The zero-order valence-electron chi connectivity index (χ0n) is 26.4. The van der Waals surface area contributed by atoms with Crippen LogP contribution >= 0.6 is 7.92 Å². The van der Waals surface area contributed by atoms with E-state index in [4.69, 9.17) is 4.74 Å². The summed E-state index contributed by atoms with van der Waals surface area (Å²) in [5.41, 5.74) is 2.96. The maximum atomic E-state index is 13.8. The Kier molecular flexibility index (Phi) is 8.31. The SMILES string of the molecule is CN([C@@H](c1cccc2c1Oc1c(P(c3ccccc3)c3ccccc3)cccc1C2(C)C)C(C)(C)C)[S@](=O)C(C)(C)C. The van der Waals surface area contributed by atoms with Crippen molar-refractivity contribution in [2.24, 2.45) is 5.41 Å². The standard InChI is InChI=1S/C37H44NO2PS/c1-35(2,3)34(38(9)42(39)36(4,5)6)28-22-16-23-29-32(28)40-33-30(37(29,7)8)24-17-25-31(33)41(26-18-12-10-13-19-26)27-20-14-11-15-21-27/h10-25,34H,1-9H3/t34-,42+/m0/s1. The largest absolute Gasteiger partial charge is 0.456 e. The van der Waals surface area contributed by atoms with Crippen molar-refractivity contribution in [2.75, 3.05) is 7.05 Å². The molecule has 0 saturated carbocycles. The predicted octanol–water partition coefficient (Wildman–Crippen LogP) is 8.36. The average molecular weight is 598 g/mol. The van der Waals surface area contributed by atoms with Crippen molar-refractivity contribution in [2.45, 2.75) is 71.6 Å². The fourth-order valence-electron chi connectivity index (χ4n) is 6.24. The van der Waals surface area contributed by atoms with Crippen LogP contribution < -0.4 is 20.7 Å². The Morgan fingerprint density at radius 3 is 1.71 bits per heavy atom. The lowest BCUT2D eigenvalue weighted by molar-refractivity contribution is 0.201. The second-order valence-electron chi connectivity index (χ2n) is 13.8. The van der Waals surface area contributed by atoms with Gasteiger partial charge in [0.05, 0.1) is 10.8 Å². The molecule has 2 atom stereocenters. The second-order valence-corrected chi connectivity index (χ2v) is 18.3. The molecule has 1 aliphatic rings. The number of fused-ring (bicyclic) bond motifs is 2. The van der Waals surface area contributed by atoms with Gasteiger partial charge in [-0.2, -0.15) is 0 Å². The third kappa shape index (κ3) is 5.62. The zero-order chi connectivity index (χ0) is 30.4. The summed E-state index contributed by atoms with van der Waals surface area (Å²) in [6.45, 7) is 17.4. The lowest BCUT2D eigenvalue weighted by Gasteiger charge is -2.43. The molecule has 0 radical (unpaired) electrons. The number of benzene rings is 4. The van der Waals surface area contributed by atoms with E-state index in [1.807, 2.05) is 32.1 Å². The first-order valence-corrected chi connectivity index (χ1v) is 17.2. The lowest BCUT2D eigenvalue weighted by atomic mass is 9.73. The van der Waals surface area contributed by atoms with Gasteiger partial charge >= 0.3 is 0 Å². The molecule has 5 heteroatoms. The second kappa shape index (κ2) is 11.4. The monoisotopic (exact) mass is 597 g/mol. The van der Waals surface area contributed by atoms with Crippen molar-refractivity contribution in [1.29, 1.82) is 0 Å². The summed E-state index contributed by atoms with van der Waals surface area (Å²) in [7, 11) is -0.0719. The first kappa shape index (κ1) is 30.7. The van der Waals surface area contributed by atoms with E-state index < -0.39 is 18.9 Å². The molecule has 0 spiro atoms. The van der Waals surface area contributed by atoms with E-state index in [-0.39, 0.29) is 21.6 Å². The quantitative estimate of drug-likeness (QED) is 0.209. The van der Waals surface area contributed by atoms with Crippen molar-refractivity contribution >= 4 is 34.8 Å². The van der Waals surface area contributed by atoms with Crippen molar-refractivity contribution in [1.82, 2.24) is 4.31 Å². The van der Waals surface area contributed by atoms with Crippen molar-refractivity contribution in [3.05, 3.63) is 114 Å². The Hall–Kier alpha value is -2.78. The van der Waals surface area contributed by atoms with Crippen LogP contribution in [0.1, 0.15) is 78.1 Å². The van der Waals surface area contributed by atoms with Gasteiger partial charge in [-0.15, -0.1) is 0 Å². The molecular weight excluding hydrogens is 553 g/mol. The van der Waals surface area contributed by atoms with E-state index >= 15 is 0 Å². The van der Waals surface area contributed by atoms with Gasteiger partial charge in [-0.05, 0) is 44.7 Å². The summed E-state index contributed by atoms with van der Waals surface area (Å²) >= 11 is 0. The highest BCUT2D eigenvalue weighted by molar-refractivity contribution is 7.84. The molecular formula is C37H44NO2PS. The smallest absolute Gasteiger partial charge is 0.139 e. The van der Waals surface area contributed by atoms with Gasteiger partial charge in [0.15, 0.2) is 0 Å². The molecule has 0 unspecified atom stereocenters. The van der Waals surface area contributed by atoms with Crippen LogP contribution in [0.3, 0.4) is 0 Å². The van der Waals surface area contributed by atoms with Crippen LogP contribution in [0.5, 0.6) is 11.5 Å². The number of nitrogens with zero attached hydrogens (tertiary/aromatic N) is 1. The van der Waals surface area contributed by atoms with E-state index in [0.717, 1.165) is 22.6 Å². The third-order valence-electron chi connectivity index (χ3n) is 8.12. The molecule has 0 aliphatic carbocycles. The first-order valence-electron chi connectivity index (χ1n) is 14.7. The highest BCUT2D eigenvalue weighted by Crippen LogP contribution is 2.54. The molecule has 42 heavy (non-hydrogen) atoms. The van der Waals surface area contributed by atoms with Crippen LogP contribution in [0.2, 0.25) is 0 Å². The van der Waals surface area contributed by atoms with Crippen molar-refractivity contribution in [3.8, 4) is 11.5 Å². The molecule has 1 aliphatic heterocycles. The fraction of sp³-hybridized carbons (Fsp3) is 0.351. The summed E-state index contributed by atoms with van der Waals surface area (Å²) in [5, 5.41) is 3.80. The molecule has 4 aromatic carbocycles. The Morgan fingerprint density at radius 1 is 0.714 bits per heavy atom. The summed E-state index contributed by atoms with van der Waals surface area (Å²) in [6, 6.07) is 34.6. The van der Waals surface area contributed by atoms with Crippen LogP contribution in [0, 0.1) is 5.41 Å². The Balaban J connectivity index is 1.73. The number of hydrogen-bond donors (Lipinski definition) is 0. The van der Waals surface area contributed by atoms with Crippen LogP contribution in [0.15, 0.2) is 97.1 Å². The number of ether oxygens (including phenoxy) is 1. The molecule has 0 N–H and O–H groups in total. The maximum absolute atomic E-state index is 13.8. The minimum Gasteiger partial charge on any atom is -0.456 e. The highest BCUT2D eigenvalue weighted by atomic mass is 32.2. The Labute approximate surface area is 256 Å². The summed E-state index contributed by atoms with van der Waals surface area (Å²) in [6.07, 6.45) is 0. The molecule has 220 valence electrons. The van der Waals surface area contributed by atoms with E-state index in [1.165, 1.54) is 21.5 Å². The van der Waals surface area contributed by atoms with Gasteiger partial charge in [0.2, 0.25) is 0 Å². The van der Waals surface area contributed by atoms with Gasteiger partial charge in [-0.3, -0.25) is 0 Å². The Bertz CT molecular complexity index is 1550. The molecule has 0 bridgehead atoms. The van der Waals surface area contributed by atoms with E-state index in [0.29, 0.717) is 0 Å². The summed E-state index contributed by atoms with van der Waals surface area (Å²) < 4.78 is 22.6. The minimum absolute atomic E-state index is 0.123. The van der Waals surface area contributed by atoms with Crippen LogP contribution in [-0.2, 0) is 16.4 Å². The molecule has 5 rings (SSSR count).